The number of aromatic nitrogens is 5. The van der Waals surface area contributed by atoms with Gasteiger partial charge in [0.05, 0.1) is 29.7 Å². The van der Waals surface area contributed by atoms with Crippen molar-refractivity contribution in [1.29, 1.82) is 0 Å². The Morgan fingerprint density at radius 1 is 1.27 bits per heavy atom. The molecule has 1 amide bonds. The number of aryl methyl sites for hydroxylation is 1. The summed E-state index contributed by atoms with van der Waals surface area (Å²) in [7, 11) is 4.95. The Morgan fingerprint density at radius 3 is 2.77 bits per heavy atom. The molecule has 2 N–H and O–H groups in total. The van der Waals surface area contributed by atoms with Gasteiger partial charge in [0.1, 0.15) is 6.33 Å². The first-order valence-corrected chi connectivity index (χ1v) is 9.67. The van der Waals surface area contributed by atoms with Gasteiger partial charge in [0.2, 0.25) is 0 Å². The molecular weight excluding hydrogens is 382 g/mol. The predicted octanol–water partition coefficient (Wildman–Crippen LogP) is 2.81. The lowest BCUT2D eigenvalue weighted by molar-refractivity contribution is 0.0958. The zero-order chi connectivity index (χ0) is 21.1. The van der Waals surface area contributed by atoms with Crippen molar-refractivity contribution >= 4 is 23.4 Å². The van der Waals surface area contributed by atoms with Gasteiger partial charge in [-0.3, -0.25) is 9.48 Å². The molecule has 0 saturated heterocycles. The maximum atomic E-state index is 12.3. The van der Waals surface area contributed by atoms with Crippen LogP contribution in [-0.2, 0) is 7.05 Å². The van der Waals surface area contributed by atoms with Crippen molar-refractivity contribution in [3.8, 4) is 17.1 Å². The van der Waals surface area contributed by atoms with Crippen LogP contribution in [0.1, 0.15) is 29.0 Å². The number of para-hydroxylation sites is 1. The highest BCUT2D eigenvalue weighted by atomic mass is 16.5. The molecule has 0 radical (unpaired) electrons. The van der Waals surface area contributed by atoms with Crippen molar-refractivity contribution in [1.82, 2.24) is 30.3 Å². The van der Waals surface area contributed by atoms with Gasteiger partial charge < -0.3 is 15.4 Å². The number of anilines is 2. The van der Waals surface area contributed by atoms with Crippen molar-refractivity contribution in [2.75, 3.05) is 19.5 Å². The molecule has 30 heavy (non-hydrogen) atoms. The molecule has 4 rings (SSSR count). The number of nitrogens with one attached hydrogen (secondary N) is 2. The zero-order valence-electron chi connectivity index (χ0n) is 17.1. The third kappa shape index (κ3) is 4.14. The molecule has 1 saturated carbocycles. The van der Waals surface area contributed by atoms with Gasteiger partial charge in [-0.15, -0.1) is 5.10 Å². The van der Waals surface area contributed by atoms with Gasteiger partial charge in [-0.2, -0.15) is 10.2 Å². The molecule has 0 aliphatic heterocycles. The van der Waals surface area contributed by atoms with Crippen LogP contribution in [0.4, 0.5) is 11.4 Å². The molecule has 2 aromatic heterocycles. The van der Waals surface area contributed by atoms with Crippen LogP contribution in [0.15, 0.2) is 36.7 Å². The Labute approximate surface area is 174 Å². The van der Waals surface area contributed by atoms with Crippen LogP contribution in [0, 0.1) is 5.92 Å². The number of methoxy groups -OCH3 is 1. The number of allylic oxidation sites excluding steroid dienone is 1. The Kier molecular flexibility index (Phi) is 5.42. The Morgan fingerprint density at radius 2 is 2.10 bits per heavy atom. The van der Waals surface area contributed by atoms with Gasteiger partial charge in [0, 0.05) is 14.1 Å². The number of carbonyl (C=O) groups is 1. The number of benzene rings is 1. The van der Waals surface area contributed by atoms with Crippen molar-refractivity contribution in [3.05, 3.63) is 48.1 Å². The average molecular weight is 405 g/mol. The second kappa shape index (κ2) is 8.32. The largest absolute Gasteiger partial charge is 0.494 e. The highest BCUT2D eigenvalue weighted by Crippen LogP contribution is 2.37. The first kappa shape index (κ1) is 19.6. The lowest BCUT2D eigenvalue weighted by Gasteiger charge is -2.15. The fourth-order valence-electron chi connectivity index (χ4n) is 3.03. The van der Waals surface area contributed by atoms with Crippen molar-refractivity contribution in [2.24, 2.45) is 13.0 Å². The van der Waals surface area contributed by atoms with E-state index in [1.807, 2.05) is 30.3 Å². The van der Waals surface area contributed by atoms with Crippen LogP contribution in [0.3, 0.4) is 0 Å². The van der Waals surface area contributed by atoms with Gasteiger partial charge in [-0.1, -0.05) is 12.1 Å². The van der Waals surface area contributed by atoms with Gasteiger partial charge in [0.25, 0.3) is 5.91 Å². The summed E-state index contributed by atoms with van der Waals surface area (Å²) in [5.74, 6) is 1.40. The van der Waals surface area contributed by atoms with Crippen LogP contribution in [0.5, 0.6) is 5.75 Å². The van der Waals surface area contributed by atoms with E-state index in [1.165, 1.54) is 12.8 Å². The van der Waals surface area contributed by atoms with Crippen molar-refractivity contribution in [3.63, 3.8) is 0 Å². The SMILES string of the molecule is CNC(=O)c1nnc(/C=C/C2CC2)cc1Nc1cccc(-c2ncn(C)n2)c1OC. The quantitative estimate of drug-likeness (QED) is 0.622. The number of ether oxygens (including phenoxy) is 1. The Bertz CT molecular complexity index is 1100. The second-order valence-electron chi connectivity index (χ2n) is 7.06. The third-order valence-electron chi connectivity index (χ3n) is 4.75. The number of carbonyl (C=O) groups excluding carboxylic acids is 1. The molecule has 1 aliphatic rings. The number of hydrogen-bond donors (Lipinski definition) is 2. The van der Waals surface area contributed by atoms with E-state index < -0.39 is 0 Å². The highest BCUT2D eigenvalue weighted by molar-refractivity contribution is 5.98. The molecule has 0 bridgehead atoms. The maximum absolute atomic E-state index is 12.3. The molecule has 2 heterocycles. The monoisotopic (exact) mass is 405 g/mol. The molecule has 1 aromatic carbocycles. The van der Waals surface area contributed by atoms with Gasteiger partial charge in [0.15, 0.2) is 17.3 Å². The average Bonchev–Trinajstić information content (AvgIpc) is 3.50. The summed E-state index contributed by atoms with van der Waals surface area (Å²) in [6, 6.07) is 7.42. The summed E-state index contributed by atoms with van der Waals surface area (Å²) in [5, 5.41) is 18.6. The third-order valence-corrected chi connectivity index (χ3v) is 4.75. The molecule has 154 valence electrons. The summed E-state index contributed by atoms with van der Waals surface area (Å²) >= 11 is 0. The van der Waals surface area contributed by atoms with E-state index >= 15 is 0 Å². The number of amides is 1. The van der Waals surface area contributed by atoms with E-state index in [-0.39, 0.29) is 11.6 Å². The molecule has 9 nitrogen and oxygen atoms in total. The predicted molar refractivity (Wildman–Crippen MR) is 113 cm³/mol. The topological polar surface area (TPSA) is 107 Å². The second-order valence-corrected chi connectivity index (χ2v) is 7.06. The molecule has 9 heteroatoms. The van der Waals surface area contributed by atoms with Crippen LogP contribution in [-0.4, -0.2) is 45.0 Å². The van der Waals surface area contributed by atoms with Gasteiger partial charge >= 0.3 is 0 Å². The number of nitrogens with zero attached hydrogens (tertiary/aromatic N) is 5. The van der Waals surface area contributed by atoms with E-state index in [1.54, 1.807) is 32.2 Å². The minimum atomic E-state index is -0.329. The van der Waals surface area contributed by atoms with Crippen LogP contribution < -0.4 is 15.4 Å². The summed E-state index contributed by atoms with van der Waals surface area (Å²) in [6.07, 6.45) is 8.11. The smallest absolute Gasteiger partial charge is 0.273 e. The Balaban J connectivity index is 1.73. The fraction of sp³-hybridized carbons (Fsp3) is 0.286. The molecule has 0 unspecified atom stereocenters. The first-order valence-electron chi connectivity index (χ1n) is 9.67. The molecular formula is C21H23N7O2. The van der Waals surface area contributed by atoms with Crippen molar-refractivity contribution in [2.45, 2.75) is 12.8 Å². The molecule has 3 aromatic rings. The molecule has 1 fully saturated rings. The van der Waals surface area contributed by atoms with Crippen LogP contribution in [0.25, 0.3) is 17.5 Å². The summed E-state index contributed by atoms with van der Waals surface area (Å²) in [5.41, 5.74) is 2.81. The Hall–Kier alpha value is -3.75. The highest BCUT2D eigenvalue weighted by Gasteiger charge is 2.20. The zero-order valence-corrected chi connectivity index (χ0v) is 17.1. The number of hydrogen-bond acceptors (Lipinski definition) is 7. The van der Waals surface area contributed by atoms with Crippen LogP contribution in [0.2, 0.25) is 0 Å². The van der Waals surface area contributed by atoms with E-state index in [0.717, 1.165) is 5.56 Å². The molecule has 1 aliphatic carbocycles. The minimum absolute atomic E-state index is 0.199. The van der Waals surface area contributed by atoms with E-state index in [4.69, 9.17) is 4.74 Å². The molecule has 0 spiro atoms. The number of rotatable bonds is 7. The first-order chi connectivity index (χ1) is 14.6. The lowest BCUT2D eigenvalue weighted by atomic mass is 10.1. The standard InChI is InChI=1S/C21H23N7O2/c1-22-21(29)18-17(11-14(25-26-18)10-9-13-7-8-13)24-16-6-4-5-15(19(16)30-3)20-23-12-28(2)27-20/h4-6,9-13H,7-8H2,1-3H3,(H,22,29)(H,24,25)/b10-9+. The van der Waals surface area contributed by atoms with Crippen molar-refractivity contribution < 1.29 is 9.53 Å². The normalized spacial score (nSPS) is 13.4. The van der Waals surface area contributed by atoms with E-state index in [2.05, 4.69) is 37.0 Å². The fourth-order valence-corrected chi connectivity index (χ4v) is 3.03. The summed E-state index contributed by atoms with van der Waals surface area (Å²) < 4.78 is 7.28. The van der Waals surface area contributed by atoms with E-state index in [9.17, 15) is 4.79 Å². The lowest BCUT2D eigenvalue weighted by Crippen LogP contribution is -2.21. The summed E-state index contributed by atoms with van der Waals surface area (Å²) in [6.45, 7) is 0. The van der Waals surface area contributed by atoms with Gasteiger partial charge in [-0.25, -0.2) is 4.98 Å². The minimum Gasteiger partial charge on any atom is -0.494 e. The van der Waals surface area contributed by atoms with Gasteiger partial charge in [-0.05, 0) is 43.0 Å². The van der Waals surface area contributed by atoms with E-state index in [0.29, 0.717) is 34.6 Å². The molecule has 0 atom stereocenters. The maximum Gasteiger partial charge on any atom is 0.273 e. The van der Waals surface area contributed by atoms with Crippen LogP contribution >= 0.6 is 0 Å². The summed E-state index contributed by atoms with van der Waals surface area (Å²) in [4.78, 5) is 16.6.